The Balaban J connectivity index is 1.67. The molecule has 0 bridgehead atoms. The second-order valence-corrected chi connectivity index (χ2v) is 7.64. The fourth-order valence-corrected chi connectivity index (χ4v) is 3.81. The Morgan fingerprint density at radius 2 is 1.82 bits per heavy atom. The molecule has 1 aromatic carbocycles. The van der Waals surface area contributed by atoms with Crippen LogP contribution in [-0.4, -0.2) is 37.1 Å². The molecule has 0 aliphatic rings. The standard InChI is InChI=1S/C26H22N6O2/c1-2-34-23(33)15-17-7-9-19(10-8-17)32-25(20-6-4-14-29-24(20)27)31-22-12-11-21(30-26(22)32)18-5-3-13-28-16-18/h3-14,16H,2,15H2,1H3,(H2,27,29). The number of rotatable bonds is 6. The molecular weight excluding hydrogens is 428 g/mol. The highest BCUT2D eigenvalue weighted by Gasteiger charge is 2.19. The lowest BCUT2D eigenvalue weighted by atomic mass is 10.1. The van der Waals surface area contributed by atoms with E-state index in [-0.39, 0.29) is 12.4 Å². The van der Waals surface area contributed by atoms with Gasteiger partial charge in [-0.3, -0.25) is 14.3 Å². The summed E-state index contributed by atoms with van der Waals surface area (Å²) in [5.41, 5.74) is 11.7. The van der Waals surface area contributed by atoms with E-state index in [0.29, 0.717) is 29.5 Å². The normalized spacial score (nSPS) is 11.0. The summed E-state index contributed by atoms with van der Waals surface area (Å²) >= 11 is 0. The summed E-state index contributed by atoms with van der Waals surface area (Å²) in [5, 5.41) is 0. The van der Waals surface area contributed by atoms with Gasteiger partial charge < -0.3 is 10.5 Å². The van der Waals surface area contributed by atoms with Crippen LogP contribution >= 0.6 is 0 Å². The van der Waals surface area contributed by atoms with Gasteiger partial charge in [-0.15, -0.1) is 0 Å². The Hall–Kier alpha value is -4.59. The number of pyridine rings is 3. The van der Waals surface area contributed by atoms with Gasteiger partial charge in [-0.25, -0.2) is 15.0 Å². The summed E-state index contributed by atoms with van der Waals surface area (Å²) in [4.78, 5) is 30.1. The summed E-state index contributed by atoms with van der Waals surface area (Å²) in [6, 6.07) is 19.1. The maximum atomic E-state index is 11.9. The predicted octanol–water partition coefficient (Wildman–Crippen LogP) is 4.23. The van der Waals surface area contributed by atoms with Crippen LogP contribution in [-0.2, 0) is 16.0 Å². The minimum atomic E-state index is -0.255. The highest BCUT2D eigenvalue weighted by molar-refractivity contribution is 5.84. The molecule has 4 heterocycles. The smallest absolute Gasteiger partial charge is 0.310 e. The number of nitrogen functional groups attached to an aromatic ring is 1. The Bertz CT molecular complexity index is 1460. The average molecular weight is 451 g/mol. The van der Waals surface area contributed by atoms with Crippen molar-refractivity contribution in [1.29, 1.82) is 0 Å². The number of fused-ring (bicyclic) bond motifs is 1. The van der Waals surface area contributed by atoms with E-state index in [2.05, 4.69) is 9.97 Å². The number of benzene rings is 1. The van der Waals surface area contributed by atoms with E-state index in [1.807, 2.05) is 65.2 Å². The van der Waals surface area contributed by atoms with Gasteiger partial charge in [-0.2, -0.15) is 0 Å². The molecule has 0 atom stereocenters. The van der Waals surface area contributed by atoms with Gasteiger partial charge in [0.2, 0.25) is 0 Å². The quantitative estimate of drug-likeness (QED) is 0.386. The monoisotopic (exact) mass is 450 g/mol. The Labute approximate surface area is 196 Å². The van der Waals surface area contributed by atoms with Gasteiger partial charge in [0.15, 0.2) is 11.5 Å². The van der Waals surface area contributed by atoms with Crippen molar-refractivity contribution in [3.63, 3.8) is 0 Å². The zero-order chi connectivity index (χ0) is 23.5. The summed E-state index contributed by atoms with van der Waals surface area (Å²) in [7, 11) is 0. The minimum Gasteiger partial charge on any atom is -0.466 e. The molecule has 5 aromatic rings. The molecule has 34 heavy (non-hydrogen) atoms. The molecule has 5 rings (SSSR count). The fourth-order valence-electron chi connectivity index (χ4n) is 3.81. The second kappa shape index (κ2) is 9.11. The van der Waals surface area contributed by atoms with Gasteiger partial charge in [0.1, 0.15) is 11.3 Å². The molecule has 0 amide bonds. The molecule has 168 valence electrons. The Morgan fingerprint density at radius 3 is 2.56 bits per heavy atom. The van der Waals surface area contributed by atoms with Crippen LogP contribution in [0.25, 0.3) is 39.5 Å². The van der Waals surface area contributed by atoms with E-state index in [1.54, 1.807) is 25.5 Å². The second-order valence-electron chi connectivity index (χ2n) is 7.64. The first-order valence-electron chi connectivity index (χ1n) is 10.9. The lowest BCUT2D eigenvalue weighted by molar-refractivity contribution is -0.142. The highest BCUT2D eigenvalue weighted by atomic mass is 16.5. The predicted molar refractivity (Wildman–Crippen MR) is 130 cm³/mol. The van der Waals surface area contributed by atoms with Crippen molar-refractivity contribution in [2.24, 2.45) is 0 Å². The third-order valence-electron chi connectivity index (χ3n) is 5.39. The number of carbonyl (C=O) groups excluding carboxylic acids is 1. The number of hydrogen-bond donors (Lipinski definition) is 1. The molecule has 0 aliphatic heterocycles. The SMILES string of the molecule is CCOC(=O)Cc1ccc(-n2c(-c3cccnc3N)nc3ccc(-c4cccnc4)nc32)cc1. The molecular formula is C26H22N6O2. The van der Waals surface area contributed by atoms with Crippen LogP contribution in [0.5, 0.6) is 0 Å². The van der Waals surface area contributed by atoms with Crippen molar-refractivity contribution >= 4 is 23.0 Å². The lowest BCUT2D eigenvalue weighted by Gasteiger charge is -2.11. The van der Waals surface area contributed by atoms with Crippen molar-refractivity contribution in [3.05, 3.63) is 84.8 Å². The van der Waals surface area contributed by atoms with Gasteiger partial charge >= 0.3 is 5.97 Å². The first-order valence-corrected chi connectivity index (χ1v) is 10.9. The first kappa shape index (κ1) is 21.3. The largest absolute Gasteiger partial charge is 0.466 e. The lowest BCUT2D eigenvalue weighted by Crippen LogP contribution is -2.07. The molecule has 0 saturated heterocycles. The Morgan fingerprint density at radius 1 is 1.00 bits per heavy atom. The molecule has 2 N–H and O–H groups in total. The van der Waals surface area contributed by atoms with E-state index in [9.17, 15) is 4.79 Å². The fraction of sp³-hybridized carbons (Fsp3) is 0.115. The number of nitrogens with two attached hydrogens (primary N) is 1. The van der Waals surface area contributed by atoms with Crippen molar-refractivity contribution in [2.75, 3.05) is 12.3 Å². The number of ether oxygens (including phenoxy) is 1. The highest BCUT2D eigenvalue weighted by Crippen LogP contribution is 2.31. The van der Waals surface area contributed by atoms with E-state index in [0.717, 1.165) is 28.0 Å². The van der Waals surface area contributed by atoms with Crippen LogP contribution in [0, 0.1) is 0 Å². The van der Waals surface area contributed by atoms with Gasteiger partial charge in [-0.05, 0) is 61.0 Å². The maximum absolute atomic E-state index is 11.9. The van der Waals surface area contributed by atoms with E-state index in [1.165, 1.54) is 0 Å². The van der Waals surface area contributed by atoms with Crippen molar-refractivity contribution in [3.8, 4) is 28.3 Å². The van der Waals surface area contributed by atoms with Crippen LogP contribution in [0.3, 0.4) is 0 Å². The summed E-state index contributed by atoms with van der Waals surface area (Å²) in [6.45, 7) is 2.16. The number of carbonyl (C=O) groups is 1. The van der Waals surface area contributed by atoms with Gasteiger partial charge in [-0.1, -0.05) is 12.1 Å². The van der Waals surface area contributed by atoms with E-state index >= 15 is 0 Å². The van der Waals surface area contributed by atoms with Crippen molar-refractivity contribution in [2.45, 2.75) is 13.3 Å². The molecule has 8 heteroatoms. The first-order chi connectivity index (χ1) is 16.6. The number of imidazole rings is 1. The Kier molecular flexibility index (Phi) is 5.70. The van der Waals surface area contributed by atoms with Crippen molar-refractivity contribution < 1.29 is 9.53 Å². The third kappa shape index (κ3) is 4.09. The molecule has 0 aliphatic carbocycles. The number of esters is 1. The topological polar surface area (TPSA) is 109 Å². The van der Waals surface area contributed by atoms with Crippen LogP contribution in [0.2, 0.25) is 0 Å². The van der Waals surface area contributed by atoms with Crippen LogP contribution in [0.1, 0.15) is 12.5 Å². The van der Waals surface area contributed by atoms with Crippen LogP contribution < -0.4 is 5.73 Å². The molecule has 4 aromatic heterocycles. The average Bonchev–Trinajstić information content (AvgIpc) is 3.24. The molecule has 0 fully saturated rings. The number of nitrogens with zero attached hydrogens (tertiary/aromatic N) is 5. The van der Waals surface area contributed by atoms with Gasteiger partial charge in [0, 0.05) is 29.8 Å². The molecule has 0 unspecified atom stereocenters. The van der Waals surface area contributed by atoms with Crippen molar-refractivity contribution in [1.82, 2.24) is 24.5 Å². The molecule has 0 radical (unpaired) electrons. The molecule has 0 saturated carbocycles. The zero-order valence-electron chi connectivity index (χ0n) is 18.5. The summed E-state index contributed by atoms with van der Waals surface area (Å²) in [5.74, 6) is 0.759. The number of hydrogen-bond acceptors (Lipinski definition) is 7. The van der Waals surface area contributed by atoms with Gasteiger partial charge in [0.25, 0.3) is 0 Å². The third-order valence-corrected chi connectivity index (χ3v) is 5.39. The zero-order valence-corrected chi connectivity index (χ0v) is 18.5. The summed E-state index contributed by atoms with van der Waals surface area (Å²) < 4.78 is 7.02. The number of aromatic nitrogens is 5. The number of anilines is 1. The van der Waals surface area contributed by atoms with Gasteiger partial charge in [0.05, 0.1) is 24.3 Å². The summed E-state index contributed by atoms with van der Waals surface area (Å²) in [6.07, 6.45) is 5.37. The molecule has 0 spiro atoms. The van der Waals surface area contributed by atoms with Crippen LogP contribution in [0.4, 0.5) is 5.82 Å². The minimum absolute atomic E-state index is 0.213. The van der Waals surface area contributed by atoms with Crippen LogP contribution in [0.15, 0.2) is 79.3 Å². The molecule has 8 nitrogen and oxygen atoms in total. The van der Waals surface area contributed by atoms with E-state index in [4.69, 9.17) is 20.4 Å². The van der Waals surface area contributed by atoms with E-state index < -0.39 is 0 Å². The maximum Gasteiger partial charge on any atom is 0.310 e.